The number of nitrogens with one attached hydrogen (secondary N) is 1. The summed E-state index contributed by atoms with van der Waals surface area (Å²) in [6, 6.07) is 15.1. The molecular weight excluding hydrogens is 386 g/mol. The first-order chi connectivity index (χ1) is 14.0. The van der Waals surface area contributed by atoms with Crippen molar-refractivity contribution in [2.24, 2.45) is 0 Å². The first-order valence-electron chi connectivity index (χ1n) is 10.2. The molecule has 6 nitrogen and oxygen atoms in total. The highest BCUT2D eigenvalue weighted by Crippen LogP contribution is 2.30. The van der Waals surface area contributed by atoms with Crippen LogP contribution in [0.1, 0.15) is 36.9 Å². The average molecular weight is 414 g/mol. The first-order valence-corrected chi connectivity index (χ1v) is 11.6. The van der Waals surface area contributed by atoms with Gasteiger partial charge < -0.3 is 4.90 Å². The van der Waals surface area contributed by atoms with Crippen molar-refractivity contribution in [2.75, 3.05) is 31.1 Å². The summed E-state index contributed by atoms with van der Waals surface area (Å²) >= 11 is 0. The molecule has 2 aliphatic rings. The number of nitrogens with zero attached hydrogens (tertiary/aromatic N) is 2. The topological polar surface area (TPSA) is 69.7 Å². The molecule has 0 aromatic heterocycles. The van der Waals surface area contributed by atoms with E-state index in [1.54, 1.807) is 23.1 Å². The van der Waals surface area contributed by atoms with Gasteiger partial charge in [0.1, 0.15) is 0 Å². The third-order valence-electron chi connectivity index (χ3n) is 5.87. The summed E-state index contributed by atoms with van der Waals surface area (Å²) in [6.07, 6.45) is 2.97. The summed E-state index contributed by atoms with van der Waals surface area (Å²) in [5.74, 6) is -0.0196. The maximum Gasteiger partial charge on any atom is 0.240 e. The number of likely N-dealkylation sites (tertiary alicyclic amines) is 1. The van der Waals surface area contributed by atoms with Crippen molar-refractivity contribution < 1.29 is 13.2 Å². The minimum absolute atomic E-state index is 0.0196. The van der Waals surface area contributed by atoms with Gasteiger partial charge in [0.25, 0.3) is 0 Å². The van der Waals surface area contributed by atoms with E-state index in [1.165, 1.54) is 6.92 Å². The fourth-order valence-corrected chi connectivity index (χ4v) is 5.42. The predicted octanol–water partition coefficient (Wildman–Crippen LogP) is 2.71. The second-order valence-corrected chi connectivity index (χ2v) is 9.50. The Balaban J connectivity index is 1.53. The number of anilines is 1. The quantitative estimate of drug-likeness (QED) is 0.791. The second-order valence-electron chi connectivity index (χ2n) is 7.73. The summed E-state index contributed by atoms with van der Waals surface area (Å²) in [4.78, 5) is 16.0. The van der Waals surface area contributed by atoms with Crippen molar-refractivity contribution in [3.8, 4) is 0 Å². The van der Waals surface area contributed by atoms with Crippen molar-refractivity contribution in [1.82, 2.24) is 9.62 Å². The first kappa shape index (κ1) is 20.1. The monoisotopic (exact) mass is 413 g/mol. The zero-order chi connectivity index (χ0) is 20.4. The van der Waals surface area contributed by atoms with E-state index >= 15 is 0 Å². The Morgan fingerprint density at radius 3 is 2.48 bits per heavy atom. The molecule has 2 aromatic carbocycles. The average Bonchev–Trinajstić information content (AvgIpc) is 3.38. The predicted molar refractivity (Wildman–Crippen MR) is 113 cm³/mol. The third-order valence-corrected chi connectivity index (χ3v) is 7.29. The van der Waals surface area contributed by atoms with E-state index < -0.39 is 10.0 Å². The summed E-state index contributed by atoms with van der Waals surface area (Å²) in [7, 11) is -3.63. The van der Waals surface area contributed by atoms with Gasteiger partial charge in [0, 0.05) is 31.7 Å². The van der Waals surface area contributed by atoms with E-state index in [4.69, 9.17) is 0 Å². The third kappa shape index (κ3) is 4.22. The largest absolute Gasteiger partial charge is 0.312 e. The number of sulfonamides is 1. The Morgan fingerprint density at radius 2 is 1.79 bits per heavy atom. The lowest BCUT2D eigenvalue weighted by Crippen LogP contribution is -2.36. The van der Waals surface area contributed by atoms with E-state index in [-0.39, 0.29) is 16.8 Å². The molecule has 0 radical (unpaired) electrons. The number of hydrogen-bond acceptors (Lipinski definition) is 4. The van der Waals surface area contributed by atoms with Crippen LogP contribution in [0.4, 0.5) is 5.69 Å². The van der Waals surface area contributed by atoms with Gasteiger partial charge in [0.2, 0.25) is 15.9 Å². The minimum atomic E-state index is -3.63. The van der Waals surface area contributed by atoms with E-state index in [0.29, 0.717) is 19.5 Å². The fourth-order valence-electron chi connectivity index (χ4n) is 4.33. The van der Waals surface area contributed by atoms with Crippen LogP contribution >= 0.6 is 0 Å². The molecule has 2 heterocycles. The van der Waals surface area contributed by atoms with Crippen LogP contribution in [0.2, 0.25) is 0 Å². The SMILES string of the molecule is CC(=O)N1CCc2cc(S(=O)(=O)NC[C@H](c3ccccc3)N3CCCC3)ccc21. The number of hydrogen-bond donors (Lipinski definition) is 1. The zero-order valence-corrected chi connectivity index (χ0v) is 17.5. The highest BCUT2D eigenvalue weighted by atomic mass is 32.2. The smallest absolute Gasteiger partial charge is 0.240 e. The molecular formula is C22H27N3O3S. The number of carbonyl (C=O) groups excluding carboxylic acids is 1. The standard InChI is InChI=1S/C22H27N3O3S/c1-17(26)25-14-11-19-15-20(9-10-21(19)25)29(27,28)23-16-22(24-12-5-6-13-24)18-7-3-2-4-8-18/h2-4,7-10,15,22-23H,5-6,11-14,16H2,1H3/t22-/m1/s1. The molecule has 2 aliphatic heterocycles. The Morgan fingerprint density at radius 1 is 1.07 bits per heavy atom. The molecule has 0 saturated carbocycles. The number of rotatable bonds is 6. The van der Waals surface area contributed by atoms with Gasteiger partial charge in [-0.3, -0.25) is 9.69 Å². The Bertz CT molecular complexity index is 986. The molecule has 1 fully saturated rings. The van der Waals surface area contributed by atoms with Crippen LogP contribution in [0.15, 0.2) is 53.4 Å². The van der Waals surface area contributed by atoms with Crippen LogP contribution in [0.25, 0.3) is 0 Å². The second kappa shape index (κ2) is 8.26. The highest BCUT2D eigenvalue weighted by molar-refractivity contribution is 7.89. The van der Waals surface area contributed by atoms with Gasteiger partial charge >= 0.3 is 0 Å². The van der Waals surface area contributed by atoms with Crippen molar-refractivity contribution in [2.45, 2.75) is 37.1 Å². The van der Waals surface area contributed by atoms with Crippen molar-refractivity contribution in [3.05, 3.63) is 59.7 Å². The molecule has 0 unspecified atom stereocenters. The maximum atomic E-state index is 13.0. The summed E-state index contributed by atoms with van der Waals surface area (Å²) in [6.45, 7) is 4.45. The van der Waals surface area contributed by atoms with Gasteiger partial charge in [-0.1, -0.05) is 30.3 Å². The molecule has 2 aromatic rings. The number of amides is 1. The van der Waals surface area contributed by atoms with Crippen LogP contribution in [-0.4, -0.2) is 45.4 Å². The lowest BCUT2D eigenvalue weighted by atomic mass is 10.1. The van der Waals surface area contributed by atoms with Crippen LogP contribution < -0.4 is 9.62 Å². The molecule has 1 N–H and O–H groups in total. The van der Waals surface area contributed by atoms with Gasteiger partial charge in [0.05, 0.1) is 4.90 Å². The molecule has 0 spiro atoms. The summed E-state index contributed by atoms with van der Waals surface area (Å²) in [5, 5.41) is 0. The van der Waals surface area contributed by atoms with Crippen molar-refractivity contribution >= 4 is 21.6 Å². The van der Waals surface area contributed by atoms with Crippen molar-refractivity contribution in [3.63, 3.8) is 0 Å². The molecule has 1 atom stereocenters. The highest BCUT2D eigenvalue weighted by Gasteiger charge is 2.27. The summed E-state index contributed by atoms with van der Waals surface area (Å²) in [5.41, 5.74) is 2.85. The molecule has 1 amide bonds. The molecule has 4 rings (SSSR count). The summed E-state index contributed by atoms with van der Waals surface area (Å²) < 4.78 is 28.8. The fraction of sp³-hybridized carbons (Fsp3) is 0.409. The van der Waals surface area contributed by atoms with E-state index in [2.05, 4.69) is 21.8 Å². The van der Waals surface area contributed by atoms with Gasteiger partial charge in [-0.15, -0.1) is 0 Å². The van der Waals surface area contributed by atoms with Crippen LogP contribution in [0.5, 0.6) is 0 Å². The van der Waals surface area contributed by atoms with Crippen LogP contribution in [-0.2, 0) is 21.2 Å². The number of carbonyl (C=O) groups is 1. The molecule has 1 saturated heterocycles. The molecule has 0 bridgehead atoms. The van der Waals surface area contributed by atoms with E-state index in [9.17, 15) is 13.2 Å². The Labute approximate surface area is 172 Å². The van der Waals surface area contributed by atoms with Crippen LogP contribution in [0.3, 0.4) is 0 Å². The molecule has 7 heteroatoms. The Kier molecular flexibility index (Phi) is 5.72. The lowest BCUT2D eigenvalue weighted by Gasteiger charge is -2.28. The molecule has 0 aliphatic carbocycles. The lowest BCUT2D eigenvalue weighted by molar-refractivity contribution is -0.116. The van der Waals surface area contributed by atoms with Crippen LogP contribution in [0, 0.1) is 0 Å². The normalized spacial score (nSPS) is 18.0. The van der Waals surface area contributed by atoms with E-state index in [1.807, 2.05) is 18.2 Å². The van der Waals surface area contributed by atoms with Crippen molar-refractivity contribution in [1.29, 1.82) is 0 Å². The Hall–Kier alpha value is -2.22. The molecule has 154 valence electrons. The number of fused-ring (bicyclic) bond motifs is 1. The maximum absolute atomic E-state index is 13.0. The number of benzene rings is 2. The van der Waals surface area contributed by atoms with Gasteiger partial charge in [-0.2, -0.15) is 0 Å². The molecule has 29 heavy (non-hydrogen) atoms. The van der Waals surface area contributed by atoms with E-state index in [0.717, 1.165) is 42.7 Å². The minimum Gasteiger partial charge on any atom is -0.312 e. The van der Waals surface area contributed by atoms with Gasteiger partial charge in [-0.05, 0) is 61.7 Å². The zero-order valence-electron chi connectivity index (χ0n) is 16.7. The van der Waals surface area contributed by atoms with Gasteiger partial charge in [0.15, 0.2) is 0 Å². The van der Waals surface area contributed by atoms with Gasteiger partial charge in [-0.25, -0.2) is 13.1 Å².